The van der Waals surface area contributed by atoms with Gasteiger partial charge in [0.15, 0.2) is 0 Å². The van der Waals surface area contributed by atoms with Crippen molar-refractivity contribution in [3.8, 4) is 0 Å². The van der Waals surface area contributed by atoms with E-state index in [2.05, 4.69) is 12.2 Å². The molecule has 1 amide bonds. The Labute approximate surface area is 125 Å². The van der Waals surface area contributed by atoms with Crippen LogP contribution in [0.25, 0.3) is 0 Å². The van der Waals surface area contributed by atoms with Crippen LogP contribution in [-0.2, 0) is 9.59 Å². The first-order valence-electron chi connectivity index (χ1n) is 7.32. The highest BCUT2D eigenvalue weighted by Gasteiger charge is 2.22. The number of amides is 1. The summed E-state index contributed by atoms with van der Waals surface area (Å²) in [4.78, 5) is 25.0. The maximum absolute atomic E-state index is 12.6. The zero-order valence-corrected chi connectivity index (χ0v) is 12.3. The van der Waals surface area contributed by atoms with Crippen molar-refractivity contribution >= 4 is 17.6 Å². The van der Waals surface area contributed by atoms with Crippen LogP contribution in [-0.4, -0.2) is 23.5 Å². The fourth-order valence-electron chi connectivity index (χ4n) is 2.65. The minimum absolute atomic E-state index is 0.00194. The maximum Gasteiger partial charge on any atom is 0.305 e. The summed E-state index contributed by atoms with van der Waals surface area (Å²) in [5.74, 6) is -0.599. The molecule has 1 N–H and O–H groups in total. The number of hydrogen-bond donors (Lipinski definition) is 1. The lowest BCUT2D eigenvalue weighted by Gasteiger charge is -2.25. The summed E-state index contributed by atoms with van der Waals surface area (Å²) in [6.07, 6.45) is 6.63. The molecule has 0 saturated carbocycles. The molecule has 112 valence electrons. The molecule has 0 radical (unpaired) electrons. The van der Waals surface area contributed by atoms with Crippen molar-refractivity contribution in [1.29, 1.82) is 0 Å². The van der Waals surface area contributed by atoms with Gasteiger partial charge in [0.2, 0.25) is 5.91 Å². The number of aliphatic carboxylic acids is 1. The van der Waals surface area contributed by atoms with E-state index in [0.717, 1.165) is 24.1 Å². The zero-order chi connectivity index (χ0) is 15.2. The molecular formula is C17H21NO3. The molecule has 0 aromatic heterocycles. The van der Waals surface area contributed by atoms with Crippen LogP contribution in [0.5, 0.6) is 0 Å². The Hall–Kier alpha value is -2.10. The number of allylic oxidation sites excluding steroid dienone is 2. The number of carbonyl (C=O) groups excluding carboxylic acids is 1. The smallest absolute Gasteiger partial charge is 0.305 e. The summed E-state index contributed by atoms with van der Waals surface area (Å²) in [6, 6.07) is 7.60. The van der Waals surface area contributed by atoms with Gasteiger partial charge in [0.25, 0.3) is 0 Å². The molecule has 4 nitrogen and oxygen atoms in total. The number of carbonyl (C=O) groups is 2. The Balaban J connectivity index is 2.14. The molecule has 0 fully saturated rings. The summed E-state index contributed by atoms with van der Waals surface area (Å²) in [7, 11) is 0. The van der Waals surface area contributed by atoms with Crippen molar-refractivity contribution in [2.45, 2.75) is 32.6 Å². The first-order chi connectivity index (χ1) is 10.1. The lowest BCUT2D eigenvalue weighted by molar-refractivity contribution is -0.136. The molecule has 1 aromatic carbocycles. The number of anilines is 1. The first-order valence-corrected chi connectivity index (χ1v) is 7.32. The maximum atomic E-state index is 12.6. The molecule has 0 saturated heterocycles. The van der Waals surface area contributed by atoms with Crippen LogP contribution in [0, 0.1) is 12.8 Å². The third kappa shape index (κ3) is 4.18. The molecule has 0 bridgehead atoms. The summed E-state index contributed by atoms with van der Waals surface area (Å²) < 4.78 is 0. The fraction of sp³-hybridized carbons (Fsp3) is 0.412. The van der Waals surface area contributed by atoms with Gasteiger partial charge in [-0.05, 0) is 37.3 Å². The van der Waals surface area contributed by atoms with Crippen molar-refractivity contribution in [2.75, 3.05) is 11.4 Å². The highest BCUT2D eigenvalue weighted by Crippen LogP contribution is 2.25. The van der Waals surface area contributed by atoms with E-state index in [-0.39, 0.29) is 24.8 Å². The van der Waals surface area contributed by atoms with Crippen molar-refractivity contribution in [3.05, 3.63) is 42.0 Å². The lowest BCUT2D eigenvalue weighted by atomic mass is 10.0. The molecule has 1 aromatic rings. The summed E-state index contributed by atoms with van der Waals surface area (Å²) in [6.45, 7) is 2.15. The second kappa shape index (κ2) is 7.07. The highest BCUT2D eigenvalue weighted by atomic mass is 16.4. The molecule has 21 heavy (non-hydrogen) atoms. The SMILES string of the molecule is Cc1ccccc1N(CCC(=O)O)C(=O)CC1C=CCC1. The Bertz CT molecular complexity index is 551. The number of aryl methyl sites for hydroxylation is 1. The summed E-state index contributed by atoms with van der Waals surface area (Å²) >= 11 is 0. The predicted octanol–water partition coefficient (Wildman–Crippen LogP) is 3.16. The van der Waals surface area contributed by atoms with Gasteiger partial charge in [0, 0.05) is 18.7 Å². The van der Waals surface area contributed by atoms with E-state index in [1.165, 1.54) is 0 Å². The van der Waals surface area contributed by atoms with Crippen LogP contribution in [0.3, 0.4) is 0 Å². The normalized spacial score (nSPS) is 16.9. The number of hydrogen-bond acceptors (Lipinski definition) is 2. The first kappa shape index (κ1) is 15.3. The number of carboxylic acid groups (broad SMARTS) is 1. The third-order valence-corrected chi connectivity index (χ3v) is 3.81. The van der Waals surface area contributed by atoms with Gasteiger partial charge < -0.3 is 10.0 Å². The Kier molecular flexibility index (Phi) is 5.14. The second-order valence-electron chi connectivity index (χ2n) is 5.45. The second-order valence-corrected chi connectivity index (χ2v) is 5.45. The Morgan fingerprint density at radius 3 is 2.71 bits per heavy atom. The molecule has 0 heterocycles. The van der Waals surface area contributed by atoms with E-state index < -0.39 is 5.97 Å². The number of carboxylic acids is 1. The van der Waals surface area contributed by atoms with E-state index in [0.29, 0.717) is 6.42 Å². The third-order valence-electron chi connectivity index (χ3n) is 3.81. The Morgan fingerprint density at radius 2 is 2.10 bits per heavy atom. The number of para-hydroxylation sites is 1. The summed E-state index contributed by atoms with van der Waals surface area (Å²) in [5.41, 5.74) is 1.80. The molecular weight excluding hydrogens is 266 g/mol. The van der Waals surface area contributed by atoms with Crippen LogP contribution < -0.4 is 4.90 Å². The van der Waals surface area contributed by atoms with Gasteiger partial charge in [-0.1, -0.05) is 30.4 Å². The minimum Gasteiger partial charge on any atom is -0.481 e. The average molecular weight is 287 g/mol. The van der Waals surface area contributed by atoms with Gasteiger partial charge in [-0.15, -0.1) is 0 Å². The fourth-order valence-corrected chi connectivity index (χ4v) is 2.65. The lowest BCUT2D eigenvalue weighted by Crippen LogP contribution is -2.34. The van der Waals surface area contributed by atoms with Gasteiger partial charge >= 0.3 is 5.97 Å². The van der Waals surface area contributed by atoms with Crippen LogP contribution >= 0.6 is 0 Å². The van der Waals surface area contributed by atoms with Gasteiger partial charge in [-0.2, -0.15) is 0 Å². The molecule has 1 aliphatic carbocycles. The highest BCUT2D eigenvalue weighted by molar-refractivity contribution is 5.94. The van der Waals surface area contributed by atoms with Gasteiger partial charge in [-0.3, -0.25) is 9.59 Å². The minimum atomic E-state index is -0.887. The van der Waals surface area contributed by atoms with Gasteiger partial charge in [0.05, 0.1) is 6.42 Å². The molecule has 2 rings (SSSR count). The van der Waals surface area contributed by atoms with Crippen LogP contribution in [0.2, 0.25) is 0 Å². The topological polar surface area (TPSA) is 57.6 Å². The molecule has 1 atom stereocenters. The molecule has 1 aliphatic rings. The van der Waals surface area contributed by atoms with E-state index in [1.807, 2.05) is 31.2 Å². The number of rotatable bonds is 6. The van der Waals surface area contributed by atoms with Crippen LogP contribution in [0.1, 0.15) is 31.2 Å². The predicted molar refractivity (Wildman–Crippen MR) is 82.3 cm³/mol. The molecule has 0 spiro atoms. The van der Waals surface area contributed by atoms with Crippen molar-refractivity contribution in [2.24, 2.45) is 5.92 Å². The number of benzene rings is 1. The Morgan fingerprint density at radius 1 is 1.33 bits per heavy atom. The van der Waals surface area contributed by atoms with E-state index in [1.54, 1.807) is 4.90 Å². The van der Waals surface area contributed by atoms with E-state index in [4.69, 9.17) is 5.11 Å². The van der Waals surface area contributed by atoms with E-state index >= 15 is 0 Å². The van der Waals surface area contributed by atoms with Crippen molar-refractivity contribution in [1.82, 2.24) is 0 Å². The largest absolute Gasteiger partial charge is 0.481 e. The van der Waals surface area contributed by atoms with Crippen molar-refractivity contribution < 1.29 is 14.7 Å². The standard InChI is InChI=1S/C17H21NO3/c1-13-6-2-5-9-15(13)18(11-10-17(20)21)16(19)12-14-7-3-4-8-14/h2-3,5-7,9,14H,4,8,10-12H2,1H3,(H,20,21). The van der Waals surface area contributed by atoms with Gasteiger partial charge in [0.1, 0.15) is 0 Å². The summed E-state index contributed by atoms with van der Waals surface area (Å²) in [5, 5.41) is 8.90. The van der Waals surface area contributed by atoms with Crippen molar-refractivity contribution in [3.63, 3.8) is 0 Å². The monoisotopic (exact) mass is 287 g/mol. The van der Waals surface area contributed by atoms with Crippen LogP contribution in [0.15, 0.2) is 36.4 Å². The van der Waals surface area contributed by atoms with Crippen LogP contribution in [0.4, 0.5) is 5.69 Å². The average Bonchev–Trinajstić information content (AvgIpc) is 2.93. The molecule has 4 heteroatoms. The van der Waals surface area contributed by atoms with E-state index in [9.17, 15) is 9.59 Å². The zero-order valence-electron chi connectivity index (χ0n) is 12.3. The van der Waals surface area contributed by atoms with Gasteiger partial charge in [-0.25, -0.2) is 0 Å². The quantitative estimate of drug-likeness (QED) is 0.818. The molecule has 0 aliphatic heterocycles. The molecule has 1 unspecified atom stereocenters. The number of nitrogens with zero attached hydrogens (tertiary/aromatic N) is 1.